The van der Waals surface area contributed by atoms with Crippen LogP contribution in [0.25, 0.3) is 10.8 Å². The monoisotopic (exact) mass is 307 g/mol. The van der Waals surface area contributed by atoms with Crippen LogP contribution >= 0.6 is 0 Å². The van der Waals surface area contributed by atoms with Crippen molar-refractivity contribution >= 4 is 22.6 Å². The minimum Gasteiger partial charge on any atom is -0.347 e. The van der Waals surface area contributed by atoms with Crippen molar-refractivity contribution in [3.63, 3.8) is 0 Å². The van der Waals surface area contributed by atoms with Crippen LogP contribution in [-0.4, -0.2) is 35.0 Å². The highest BCUT2D eigenvalue weighted by Crippen LogP contribution is 2.16. The predicted molar refractivity (Wildman–Crippen MR) is 89.3 cm³/mol. The summed E-state index contributed by atoms with van der Waals surface area (Å²) in [6, 6.07) is 11.4. The van der Waals surface area contributed by atoms with Crippen LogP contribution < -0.4 is 10.2 Å². The number of benzene rings is 1. The first kappa shape index (κ1) is 14.9. The second-order valence-corrected chi connectivity index (χ2v) is 5.31. The summed E-state index contributed by atoms with van der Waals surface area (Å²) in [5.74, 6) is 0.395. The number of nitrogens with zero attached hydrogens (tertiary/aromatic N) is 4. The SMILES string of the molecule is CN(C)c1nccc(CNC(=O)c2nccc3ccccc23)n1. The molecule has 0 saturated heterocycles. The normalized spacial score (nSPS) is 10.5. The number of anilines is 1. The number of hydrogen-bond acceptors (Lipinski definition) is 5. The third-order valence-corrected chi connectivity index (χ3v) is 3.42. The summed E-state index contributed by atoms with van der Waals surface area (Å²) in [5, 5.41) is 4.69. The maximum Gasteiger partial charge on any atom is 0.270 e. The summed E-state index contributed by atoms with van der Waals surface area (Å²) in [6.07, 6.45) is 3.33. The van der Waals surface area contributed by atoms with Gasteiger partial charge in [-0.1, -0.05) is 24.3 Å². The summed E-state index contributed by atoms with van der Waals surface area (Å²) in [6.45, 7) is 0.326. The van der Waals surface area contributed by atoms with E-state index >= 15 is 0 Å². The number of rotatable bonds is 4. The molecular formula is C17H17N5O. The average Bonchev–Trinajstić information content (AvgIpc) is 2.59. The van der Waals surface area contributed by atoms with Crippen LogP contribution in [0.4, 0.5) is 5.95 Å². The fourth-order valence-corrected chi connectivity index (χ4v) is 2.25. The Morgan fingerprint density at radius 2 is 1.87 bits per heavy atom. The molecule has 1 N–H and O–H groups in total. The van der Waals surface area contributed by atoms with Gasteiger partial charge >= 0.3 is 0 Å². The lowest BCUT2D eigenvalue weighted by atomic mass is 10.1. The second kappa shape index (κ2) is 6.39. The van der Waals surface area contributed by atoms with Crippen LogP contribution in [0.5, 0.6) is 0 Å². The molecule has 0 spiro atoms. The first-order valence-corrected chi connectivity index (χ1v) is 7.26. The van der Waals surface area contributed by atoms with E-state index in [2.05, 4.69) is 20.3 Å². The van der Waals surface area contributed by atoms with Crippen molar-refractivity contribution in [2.24, 2.45) is 0 Å². The maximum atomic E-state index is 12.4. The second-order valence-electron chi connectivity index (χ2n) is 5.31. The highest BCUT2D eigenvalue weighted by molar-refractivity contribution is 6.05. The Balaban J connectivity index is 1.78. The zero-order valence-electron chi connectivity index (χ0n) is 13.0. The van der Waals surface area contributed by atoms with Crippen molar-refractivity contribution < 1.29 is 4.79 Å². The van der Waals surface area contributed by atoms with Crippen LogP contribution in [0, 0.1) is 0 Å². The van der Waals surface area contributed by atoms with E-state index < -0.39 is 0 Å². The number of pyridine rings is 1. The van der Waals surface area contributed by atoms with Gasteiger partial charge in [-0.15, -0.1) is 0 Å². The van der Waals surface area contributed by atoms with E-state index in [4.69, 9.17) is 0 Å². The molecule has 1 aromatic carbocycles. The number of carbonyl (C=O) groups is 1. The lowest BCUT2D eigenvalue weighted by molar-refractivity contribution is 0.0947. The highest BCUT2D eigenvalue weighted by atomic mass is 16.1. The molecule has 0 bridgehead atoms. The smallest absolute Gasteiger partial charge is 0.270 e. The molecule has 0 aliphatic carbocycles. The number of nitrogens with one attached hydrogen (secondary N) is 1. The number of aromatic nitrogens is 3. The van der Waals surface area contributed by atoms with Crippen molar-refractivity contribution in [1.29, 1.82) is 0 Å². The molecule has 3 rings (SSSR count). The van der Waals surface area contributed by atoms with Gasteiger partial charge in [-0.25, -0.2) is 9.97 Å². The first-order valence-electron chi connectivity index (χ1n) is 7.26. The van der Waals surface area contributed by atoms with Crippen molar-refractivity contribution in [2.45, 2.75) is 6.54 Å². The Morgan fingerprint density at radius 1 is 1.09 bits per heavy atom. The van der Waals surface area contributed by atoms with Crippen LogP contribution in [0.1, 0.15) is 16.2 Å². The third-order valence-electron chi connectivity index (χ3n) is 3.42. The molecule has 23 heavy (non-hydrogen) atoms. The molecule has 0 saturated carbocycles. The molecule has 2 heterocycles. The lowest BCUT2D eigenvalue weighted by Gasteiger charge is -2.11. The Hall–Kier alpha value is -3.02. The van der Waals surface area contributed by atoms with Crippen LogP contribution in [0.3, 0.4) is 0 Å². The predicted octanol–water partition coefficient (Wildman–Crippen LogP) is 2.02. The van der Waals surface area contributed by atoms with Crippen molar-refractivity contribution in [2.75, 3.05) is 19.0 Å². The van der Waals surface area contributed by atoms with Gasteiger partial charge in [0, 0.05) is 31.9 Å². The van der Waals surface area contributed by atoms with Gasteiger partial charge in [0.1, 0.15) is 5.69 Å². The van der Waals surface area contributed by atoms with E-state index in [1.54, 1.807) is 18.5 Å². The van der Waals surface area contributed by atoms with E-state index in [1.165, 1.54) is 0 Å². The first-order chi connectivity index (χ1) is 11.1. The van der Waals surface area contributed by atoms with E-state index in [0.717, 1.165) is 16.5 Å². The fourth-order valence-electron chi connectivity index (χ4n) is 2.25. The molecule has 0 aliphatic heterocycles. The summed E-state index contributed by atoms with van der Waals surface area (Å²) < 4.78 is 0. The van der Waals surface area contributed by atoms with E-state index in [0.29, 0.717) is 18.2 Å². The Labute approximate surface area is 134 Å². The molecule has 2 aromatic heterocycles. The Bertz CT molecular complexity index is 842. The minimum atomic E-state index is -0.216. The largest absolute Gasteiger partial charge is 0.347 e. The topological polar surface area (TPSA) is 71.0 Å². The molecular weight excluding hydrogens is 290 g/mol. The number of fused-ring (bicyclic) bond motifs is 1. The molecule has 0 unspecified atom stereocenters. The van der Waals surface area contributed by atoms with Crippen molar-refractivity contribution in [1.82, 2.24) is 20.3 Å². The highest BCUT2D eigenvalue weighted by Gasteiger charge is 2.11. The average molecular weight is 307 g/mol. The quantitative estimate of drug-likeness (QED) is 0.798. The van der Waals surface area contributed by atoms with Crippen LogP contribution in [-0.2, 0) is 6.54 Å². The third kappa shape index (κ3) is 3.26. The fraction of sp³-hybridized carbons (Fsp3) is 0.176. The lowest BCUT2D eigenvalue weighted by Crippen LogP contribution is -2.25. The summed E-state index contributed by atoms with van der Waals surface area (Å²) >= 11 is 0. The van der Waals surface area contributed by atoms with Crippen molar-refractivity contribution in [3.05, 3.63) is 60.2 Å². The van der Waals surface area contributed by atoms with Crippen molar-refractivity contribution in [3.8, 4) is 0 Å². The Morgan fingerprint density at radius 3 is 2.70 bits per heavy atom. The van der Waals surface area contributed by atoms with Gasteiger partial charge in [0.05, 0.1) is 12.2 Å². The Kier molecular flexibility index (Phi) is 4.14. The molecule has 1 amide bonds. The van der Waals surface area contributed by atoms with Gasteiger partial charge in [0.2, 0.25) is 5.95 Å². The maximum absolute atomic E-state index is 12.4. The summed E-state index contributed by atoms with van der Waals surface area (Å²) in [7, 11) is 3.75. The standard InChI is InChI=1S/C17H17N5O/c1-22(2)17-19-10-8-13(21-17)11-20-16(23)15-14-6-4-3-5-12(14)7-9-18-15/h3-10H,11H2,1-2H3,(H,20,23). The number of amides is 1. The molecule has 0 fully saturated rings. The van der Waals surface area contributed by atoms with E-state index in [9.17, 15) is 4.79 Å². The van der Waals surface area contributed by atoms with Gasteiger partial charge in [0.15, 0.2) is 0 Å². The summed E-state index contributed by atoms with van der Waals surface area (Å²) in [5.41, 5.74) is 1.17. The van der Waals surface area contributed by atoms with Crippen LogP contribution in [0.2, 0.25) is 0 Å². The molecule has 6 heteroatoms. The number of hydrogen-bond donors (Lipinski definition) is 1. The zero-order valence-corrected chi connectivity index (χ0v) is 13.0. The van der Waals surface area contributed by atoms with Gasteiger partial charge in [-0.2, -0.15) is 0 Å². The summed E-state index contributed by atoms with van der Waals surface area (Å²) in [4.78, 5) is 27.0. The molecule has 6 nitrogen and oxygen atoms in total. The number of carbonyl (C=O) groups excluding carboxylic acids is 1. The van der Waals surface area contributed by atoms with E-state index in [-0.39, 0.29) is 5.91 Å². The van der Waals surface area contributed by atoms with E-state index in [1.807, 2.05) is 49.3 Å². The molecule has 0 atom stereocenters. The van der Waals surface area contributed by atoms with Crippen LogP contribution in [0.15, 0.2) is 48.8 Å². The van der Waals surface area contributed by atoms with Gasteiger partial charge in [0.25, 0.3) is 5.91 Å². The molecule has 0 radical (unpaired) electrons. The molecule has 3 aromatic rings. The molecule has 116 valence electrons. The molecule has 0 aliphatic rings. The van der Waals surface area contributed by atoms with Gasteiger partial charge in [-0.05, 0) is 17.5 Å². The minimum absolute atomic E-state index is 0.216. The van der Waals surface area contributed by atoms with Gasteiger partial charge in [-0.3, -0.25) is 9.78 Å². The van der Waals surface area contributed by atoms with Gasteiger partial charge < -0.3 is 10.2 Å². The zero-order chi connectivity index (χ0) is 16.2.